The number of allylic oxidation sites excluding steroid dienone is 2. The second-order valence-electron chi connectivity index (χ2n) is 7.89. The number of hydrogen-bond acceptors (Lipinski definition) is 0. The topological polar surface area (TPSA) is 0 Å². The number of fused-ring (bicyclic) bond motifs is 1. The summed E-state index contributed by atoms with van der Waals surface area (Å²) in [6.45, 7) is 2.27. The van der Waals surface area contributed by atoms with E-state index in [0.29, 0.717) is 17.9 Å². The van der Waals surface area contributed by atoms with Gasteiger partial charge in [0.15, 0.2) is 0 Å². The molecule has 0 nitrogen and oxygen atoms in total. The van der Waals surface area contributed by atoms with Gasteiger partial charge >= 0.3 is 0 Å². The number of hydrogen-bond donors (Lipinski definition) is 0. The van der Waals surface area contributed by atoms with Crippen LogP contribution in [0.1, 0.15) is 67.2 Å². The SMILES string of the molecule is CCC1CCC(c2ccc(C3=CCc4ccc(F)cc4C3)c(F)c2)CC1. The molecular weight excluding hydrogens is 326 g/mol. The van der Waals surface area contributed by atoms with E-state index in [4.69, 9.17) is 0 Å². The molecule has 0 aromatic heterocycles. The minimum atomic E-state index is -0.219. The highest BCUT2D eigenvalue weighted by atomic mass is 19.1. The van der Waals surface area contributed by atoms with E-state index < -0.39 is 0 Å². The summed E-state index contributed by atoms with van der Waals surface area (Å²) in [5.74, 6) is 0.995. The smallest absolute Gasteiger partial charge is 0.130 e. The van der Waals surface area contributed by atoms with Crippen molar-refractivity contribution >= 4 is 5.57 Å². The summed E-state index contributed by atoms with van der Waals surface area (Å²) in [4.78, 5) is 0. The Morgan fingerprint density at radius 2 is 1.73 bits per heavy atom. The minimum Gasteiger partial charge on any atom is -0.207 e. The fraction of sp³-hybridized carbons (Fsp3) is 0.417. The highest BCUT2D eigenvalue weighted by Crippen LogP contribution is 2.38. The summed E-state index contributed by atoms with van der Waals surface area (Å²) in [6.07, 6.45) is 9.56. The van der Waals surface area contributed by atoms with Gasteiger partial charge in [0.2, 0.25) is 0 Å². The molecule has 2 aromatic rings. The van der Waals surface area contributed by atoms with Crippen molar-refractivity contribution in [2.75, 3.05) is 0 Å². The summed E-state index contributed by atoms with van der Waals surface area (Å²) < 4.78 is 28.4. The number of benzene rings is 2. The summed E-state index contributed by atoms with van der Waals surface area (Å²) in [5, 5.41) is 0. The van der Waals surface area contributed by atoms with E-state index in [1.807, 2.05) is 12.1 Å². The normalized spacial score (nSPS) is 22.7. The number of halogens is 2. The maximum Gasteiger partial charge on any atom is 0.130 e. The second-order valence-corrected chi connectivity index (χ2v) is 7.89. The van der Waals surface area contributed by atoms with E-state index >= 15 is 0 Å². The summed E-state index contributed by atoms with van der Waals surface area (Å²) in [6, 6.07) is 10.7. The van der Waals surface area contributed by atoms with Crippen LogP contribution in [-0.4, -0.2) is 0 Å². The monoisotopic (exact) mass is 352 g/mol. The Balaban J connectivity index is 1.53. The Hall–Kier alpha value is -1.96. The first-order valence-corrected chi connectivity index (χ1v) is 9.90. The largest absolute Gasteiger partial charge is 0.207 e. The standard InChI is InChI=1S/C24H26F2/c1-2-16-3-5-17(6-4-16)19-10-12-23(24(26)15-19)20-8-7-18-9-11-22(25)14-21(18)13-20/h8-12,14-17H,2-7,13H2,1H3. The van der Waals surface area contributed by atoms with Gasteiger partial charge in [0.1, 0.15) is 11.6 Å². The van der Waals surface area contributed by atoms with Crippen LogP contribution in [0.4, 0.5) is 8.78 Å². The molecule has 0 bridgehead atoms. The summed E-state index contributed by atoms with van der Waals surface area (Å²) in [5.41, 5.74) is 4.90. The zero-order valence-electron chi connectivity index (χ0n) is 15.4. The number of rotatable bonds is 3. The molecule has 2 heteroatoms. The van der Waals surface area contributed by atoms with Crippen LogP contribution < -0.4 is 0 Å². The van der Waals surface area contributed by atoms with Gasteiger partial charge in [-0.1, -0.05) is 37.6 Å². The molecule has 0 spiro atoms. The molecule has 0 unspecified atom stereocenters. The van der Waals surface area contributed by atoms with Gasteiger partial charge in [0.25, 0.3) is 0 Å². The molecule has 1 saturated carbocycles. The van der Waals surface area contributed by atoms with Crippen LogP contribution in [-0.2, 0) is 12.8 Å². The van der Waals surface area contributed by atoms with Crippen molar-refractivity contribution in [1.29, 1.82) is 0 Å². The molecule has 2 aliphatic rings. The maximum atomic E-state index is 14.9. The van der Waals surface area contributed by atoms with Crippen molar-refractivity contribution in [3.05, 3.63) is 76.4 Å². The van der Waals surface area contributed by atoms with Crippen molar-refractivity contribution in [1.82, 2.24) is 0 Å². The molecule has 0 saturated heterocycles. The van der Waals surface area contributed by atoms with Crippen LogP contribution in [0.5, 0.6) is 0 Å². The van der Waals surface area contributed by atoms with Crippen LogP contribution in [0.2, 0.25) is 0 Å². The van der Waals surface area contributed by atoms with Crippen molar-refractivity contribution in [3.63, 3.8) is 0 Å². The van der Waals surface area contributed by atoms with Gasteiger partial charge in [-0.05, 0) is 90.8 Å². The second kappa shape index (κ2) is 7.34. The third-order valence-corrected chi connectivity index (χ3v) is 6.35. The first kappa shape index (κ1) is 17.5. The highest BCUT2D eigenvalue weighted by Gasteiger charge is 2.23. The molecule has 0 N–H and O–H groups in total. The van der Waals surface area contributed by atoms with Gasteiger partial charge in [0, 0.05) is 5.56 Å². The molecule has 0 atom stereocenters. The van der Waals surface area contributed by atoms with E-state index in [1.165, 1.54) is 38.2 Å². The van der Waals surface area contributed by atoms with Crippen molar-refractivity contribution in [2.24, 2.45) is 5.92 Å². The lowest BCUT2D eigenvalue weighted by atomic mass is 9.77. The van der Waals surface area contributed by atoms with Gasteiger partial charge in [0.05, 0.1) is 0 Å². The highest BCUT2D eigenvalue weighted by molar-refractivity contribution is 5.71. The average molecular weight is 352 g/mol. The quantitative estimate of drug-likeness (QED) is 0.568. The third kappa shape index (κ3) is 3.47. The minimum absolute atomic E-state index is 0.133. The lowest BCUT2D eigenvalue weighted by Gasteiger charge is -2.28. The van der Waals surface area contributed by atoms with Crippen molar-refractivity contribution in [3.8, 4) is 0 Å². The van der Waals surface area contributed by atoms with E-state index in [2.05, 4.69) is 19.1 Å². The van der Waals surface area contributed by atoms with Gasteiger partial charge in [-0.3, -0.25) is 0 Å². The Morgan fingerprint density at radius 1 is 0.923 bits per heavy atom. The van der Waals surface area contributed by atoms with Gasteiger partial charge in [-0.25, -0.2) is 8.78 Å². The summed E-state index contributed by atoms with van der Waals surface area (Å²) in [7, 11) is 0. The molecule has 136 valence electrons. The molecule has 1 fully saturated rings. The van der Waals surface area contributed by atoms with Crippen molar-refractivity contribution in [2.45, 2.75) is 57.8 Å². The zero-order valence-corrected chi connectivity index (χ0v) is 15.4. The van der Waals surface area contributed by atoms with Crippen molar-refractivity contribution < 1.29 is 8.78 Å². The Bertz CT molecular complexity index is 826. The predicted molar refractivity (Wildman–Crippen MR) is 103 cm³/mol. The van der Waals surface area contributed by atoms with Crippen LogP contribution in [0.3, 0.4) is 0 Å². The molecule has 0 radical (unpaired) electrons. The van der Waals surface area contributed by atoms with Crippen LogP contribution in [0.15, 0.2) is 42.5 Å². The molecule has 2 aliphatic carbocycles. The molecule has 4 rings (SSSR count). The summed E-state index contributed by atoms with van der Waals surface area (Å²) >= 11 is 0. The molecule has 2 aromatic carbocycles. The van der Waals surface area contributed by atoms with Gasteiger partial charge in [-0.15, -0.1) is 0 Å². The van der Waals surface area contributed by atoms with Crippen LogP contribution in [0.25, 0.3) is 5.57 Å². The Kier molecular flexibility index (Phi) is 4.93. The van der Waals surface area contributed by atoms with E-state index in [-0.39, 0.29) is 11.6 Å². The first-order valence-electron chi connectivity index (χ1n) is 9.90. The fourth-order valence-corrected chi connectivity index (χ4v) is 4.62. The van der Waals surface area contributed by atoms with Crippen LogP contribution in [0, 0.1) is 17.6 Å². The fourth-order valence-electron chi connectivity index (χ4n) is 4.62. The first-order chi connectivity index (χ1) is 12.6. The molecule has 0 heterocycles. The molecule has 26 heavy (non-hydrogen) atoms. The van der Waals surface area contributed by atoms with E-state index in [1.54, 1.807) is 12.1 Å². The maximum absolute atomic E-state index is 14.9. The Labute approximate surface area is 154 Å². The average Bonchev–Trinajstić information content (AvgIpc) is 2.67. The molecule has 0 amide bonds. The lowest BCUT2D eigenvalue weighted by molar-refractivity contribution is 0.318. The Morgan fingerprint density at radius 3 is 2.46 bits per heavy atom. The van der Waals surface area contributed by atoms with Gasteiger partial charge < -0.3 is 0 Å². The van der Waals surface area contributed by atoms with Crippen LogP contribution >= 0.6 is 0 Å². The van der Waals surface area contributed by atoms with E-state index in [0.717, 1.165) is 34.6 Å². The van der Waals surface area contributed by atoms with Gasteiger partial charge in [-0.2, -0.15) is 0 Å². The molecule has 0 aliphatic heterocycles. The molecular formula is C24H26F2. The third-order valence-electron chi connectivity index (χ3n) is 6.35. The predicted octanol–water partition coefficient (Wildman–Crippen LogP) is 6.83. The van der Waals surface area contributed by atoms with E-state index in [9.17, 15) is 8.78 Å². The zero-order chi connectivity index (χ0) is 18.1. The lowest BCUT2D eigenvalue weighted by Crippen LogP contribution is -2.13.